The van der Waals surface area contributed by atoms with Crippen LogP contribution in [0.4, 0.5) is 0 Å². The Morgan fingerprint density at radius 2 is 2.31 bits per heavy atom. The lowest BCUT2D eigenvalue weighted by molar-refractivity contribution is 0.335. The van der Waals surface area contributed by atoms with Crippen LogP contribution in [-0.4, -0.2) is 31.6 Å². The van der Waals surface area contributed by atoms with Gasteiger partial charge >= 0.3 is 0 Å². The third-order valence-corrected chi connectivity index (χ3v) is 3.77. The quantitative estimate of drug-likeness (QED) is 0.753. The Bertz CT molecular complexity index is 455. The van der Waals surface area contributed by atoms with Crippen LogP contribution < -0.4 is 4.74 Å². The maximum Gasteiger partial charge on any atom is 0.294 e. The molecule has 0 atom stereocenters. The van der Waals surface area contributed by atoms with Gasteiger partial charge in [-0.3, -0.25) is 0 Å². The molecule has 2 aromatic heterocycles. The van der Waals surface area contributed by atoms with Gasteiger partial charge in [0, 0.05) is 7.05 Å². The second kappa shape index (κ2) is 5.26. The van der Waals surface area contributed by atoms with Crippen LogP contribution in [0.15, 0.2) is 11.5 Å². The Balaban J connectivity index is 1.92. The Kier molecular flexibility index (Phi) is 3.73. The van der Waals surface area contributed by atoms with E-state index in [4.69, 9.17) is 4.74 Å². The number of thioether (sulfide) groups is 1. The smallest absolute Gasteiger partial charge is 0.294 e. The van der Waals surface area contributed by atoms with Crippen LogP contribution >= 0.6 is 23.1 Å². The summed E-state index contributed by atoms with van der Waals surface area (Å²) in [4.78, 5) is 0. The highest BCUT2D eigenvalue weighted by molar-refractivity contribution is 7.98. The molecule has 16 heavy (non-hydrogen) atoms. The molecule has 2 heterocycles. The lowest BCUT2D eigenvalue weighted by Crippen LogP contribution is -1.89. The van der Waals surface area contributed by atoms with Crippen molar-refractivity contribution in [3.63, 3.8) is 0 Å². The topological polar surface area (TPSA) is 65.7 Å². The van der Waals surface area contributed by atoms with E-state index in [1.165, 1.54) is 11.3 Å². The Morgan fingerprint density at radius 3 is 3.00 bits per heavy atom. The first-order valence-electron chi connectivity index (χ1n) is 4.71. The number of hydrogen-bond acceptors (Lipinski definition) is 7. The molecule has 0 spiro atoms. The summed E-state index contributed by atoms with van der Waals surface area (Å²) in [6, 6.07) is 0. The predicted octanol–water partition coefficient (Wildman–Crippen LogP) is 1.36. The van der Waals surface area contributed by atoms with Gasteiger partial charge < -0.3 is 9.30 Å². The number of aryl methyl sites for hydroxylation is 1. The van der Waals surface area contributed by atoms with Crippen molar-refractivity contribution in [3.05, 3.63) is 11.3 Å². The van der Waals surface area contributed by atoms with Crippen molar-refractivity contribution in [2.45, 2.75) is 17.8 Å². The summed E-state index contributed by atoms with van der Waals surface area (Å²) in [5.41, 5.74) is 0. The average Bonchev–Trinajstić information content (AvgIpc) is 2.86. The van der Waals surface area contributed by atoms with Gasteiger partial charge in [-0.1, -0.05) is 23.1 Å². The largest absolute Gasteiger partial charge is 0.469 e. The summed E-state index contributed by atoms with van der Waals surface area (Å²) in [6.07, 6.45) is 1.67. The molecule has 0 aliphatic heterocycles. The SMILES string of the molecule is CCOc1nnc(CSc2nncn2C)s1. The van der Waals surface area contributed by atoms with E-state index in [0.29, 0.717) is 11.8 Å². The van der Waals surface area contributed by atoms with Gasteiger partial charge in [0.2, 0.25) is 0 Å². The molecule has 0 unspecified atom stereocenters. The van der Waals surface area contributed by atoms with Crippen molar-refractivity contribution in [1.29, 1.82) is 0 Å². The molecule has 0 radical (unpaired) electrons. The molecule has 0 saturated heterocycles. The van der Waals surface area contributed by atoms with Gasteiger partial charge in [0.1, 0.15) is 11.3 Å². The maximum atomic E-state index is 5.25. The van der Waals surface area contributed by atoms with Gasteiger partial charge in [-0.15, -0.1) is 20.4 Å². The number of aromatic nitrogens is 5. The molecular formula is C8H11N5OS2. The molecule has 0 N–H and O–H groups in total. The van der Waals surface area contributed by atoms with E-state index in [1.807, 2.05) is 18.5 Å². The first kappa shape index (κ1) is 11.3. The minimum absolute atomic E-state index is 0.616. The Morgan fingerprint density at radius 1 is 1.44 bits per heavy atom. The first-order chi connectivity index (χ1) is 7.79. The predicted molar refractivity (Wildman–Crippen MR) is 61.6 cm³/mol. The second-order valence-corrected chi connectivity index (χ2v) is 4.87. The summed E-state index contributed by atoms with van der Waals surface area (Å²) in [5.74, 6) is 0.733. The fourth-order valence-electron chi connectivity index (χ4n) is 1.01. The Hall–Kier alpha value is -1.15. The van der Waals surface area contributed by atoms with Gasteiger partial charge in [0.15, 0.2) is 5.16 Å². The van der Waals surface area contributed by atoms with Gasteiger partial charge in [-0.2, -0.15) is 0 Å². The summed E-state index contributed by atoms with van der Waals surface area (Å²) >= 11 is 3.04. The number of hydrogen-bond donors (Lipinski definition) is 0. The molecular weight excluding hydrogens is 246 g/mol. The lowest BCUT2D eigenvalue weighted by atomic mass is 10.9. The highest BCUT2D eigenvalue weighted by Gasteiger charge is 2.07. The third-order valence-electron chi connectivity index (χ3n) is 1.71. The zero-order valence-corrected chi connectivity index (χ0v) is 10.6. The van der Waals surface area contributed by atoms with Crippen LogP contribution in [0.25, 0.3) is 0 Å². The summed E-state index contributed by atoms with van der Waals surface area (Å²) < 4.78 is 7.12. The van der Waals surface area contributed by atoms with Crippen LogP contribution in [0, 0.1) is 0 Å². The number of rotatable bonds is 5. The van der Waals surface area contributed by atoms with E-state index in [9.17, 15) is 0 Å². The maximum absolute atomic E-state index is 5.25. The van der Waals surface area contributed by atoms with Gasteiger partial charge in [-0.25, -0.2) is 0 Å². The summed E-state index contributed by atoms with van der Waals surface area (Å²) in [7, 11) is 1.91. The zero-order chi connectivity index (χ0) is 11.4. The van der Waals surface area contributed by atoms with Crippen molar-refractivity contribution in [3.8, 4) is 5.19 Å². The standard InChI is InChI=1S/C8H11N5OS2/c1-3-14-8-12-10-6(16-8)4-15-7-11-9-5-13(7)2/h5H,3-4H2,1-2H3. The van der Waals surface area contributed by atoms with Crippen molar-refractivity contribution in [1.82, 2.24) is 25.0 Å². The summed E-state index contributed by atoms with van der Waals surface area (Å²) in [5, 5.41) is 18.1. The third kappa shape index (κ3) is 2.70. The van der Waals surface area contributed by atoms with Gasteiger partial charge in [0.05, 0.1) is 12.4 Å². The van der Waals surface area contributed by atoms with Crippen LogP contribution in [-0.2, 0) is 12.8 Å². The van der Waals surface area contributed by atoms with E-state index in [1.54, 1.807) is 18.1 Å². The molecule has 0 aliphatic rings. The first-order valence-corrected chi connectivity index (χ1v) is 6.51. The molecule has 0 aliphatic carbocycles. The van der Waals surface area contributed by atoms with Crippen LogP contribution in [0.2, 0.25) is 0 Å². The van der Waals surface area contributed by atoms with E-state index >= 15 is 0 Å². The van der Waals surface area contributed by atoms with Crippen molar-refractivity contribution >= 4 is 23.1 Å². The molecule has 2 rings (SSSR count). The second-order valence-electron chi connectivity index (χ2n) is 2.91. The van der Waals surface area contributed by atoms with Gasteiger partial charge in [-0.05, 0) is 6.92 Å². The minimum atomic E-state index is 0.616. The summed E-state index contributed by atoms with van der Waals surface area (Å²) in [6.45, 7) is 2.54. The normalized spacial score (nSPS) is 10.6. The molecule has 6 nitrogen and oxygen atoms in total. The molecule has 0 bridgehead atoms. The fraction of sp³-hybridized carbons (Fsp3) is 0.500. The molecule has 0 aromatic carbocycles. The van der Waals surface area contributed by atoms with E-state index in [0.717, 1.165) is 15.9 Å². The number of nitrogens with zero attached hydrogens (tertiary/aromatic N) is 5. The van der Waals surface area contributed by atoms with Crippen LogP contribution in [0.1, 0.15) is 11.9 Å². The van der Waals surface area contributed by atoms with Crippen molar-refractivity contribution < 1.29 is 4.74 Å². The minimum Gasteiger partial charge on any atom is -0.469 e. The van der Waals surface area contributed by atoms with Crippen molar-refractivity contribution in [2.24, 2.45) is 7.05 Å². The van der Waals surface area contributed by atoms with E-state index < -0.39 is 0 Å². The average molecular weight is 257 g/mol. The molecule has 86 valence electrons. The molecule has 0 amide bonds. The highest BCUT2D eigenvalue weighted by Crippen LogP contribution is 2.25. The van der Waals surface area contributed by atoms with Crippen LogP contribution in [0.3, 0.4) is 0 Å². The molecule has 2 aromatic rings. The molecule has 0 fully saturated rings. The lowest BCUT2D eigenvalue weighted by Gasteiger charge is -1.96. The van der Waals surface area contributed by atoms with Crippen molar-refractivity contribution in [2.75, 3.05) is 6.61 Å². The molecule has 0 saturated carbocycles. The monoisotopic (exact) mass is 257 g/mol. The van der Waals surface area contributed by atoms with E-state index in [2.05, 4.69) is 20.4 Å². The highest BCUT2D eigenvalue weighted by atomic mass is 32.2. The number of ether oxygens (including phenoxy) is 1. The fourth-order valence-corrected chi connectivity index (χ4v) is 2.63. The van der Waals surface area contributed by atoms with E-state index in [-0.39, 0.29) is 0 Å². The zero-order valence-electron chi connectivity index (χ0n) is 8.95. The molecule has 8 heteroatoms. The van der Waals surface area contributed by atoms with Crippen LogP contribution in [0.5, 0.6) is 5.19 Å². The Labute approximate surface area is 101 Å². The van der Waals surface area contributed by atoms with Gasteiger partial charge in [0.25, 0.3) is 5.19 Å².